The number of hydrogen-bond donors (Lipinski definition) is 1. The van der Waals surface area contributed by atoms with Crippen LogP contribution < -0.4 is 4.74 Å². The van der Waals surface area contributed by atoms with Crippen LogP contribution in [0.15, 0.2) is 58.1 Å². The first-order valence-electron chi connectivity index (χ1n) is 9.68. The molecule has 0 saturated carbocycles. The van der Waals surface area contributed by atoms with E-state index in [0.29, 0.717) is 41.0 Å². The molecule has 2 aromatic carbocycles. The third-order valence-electron chi connectivity index (χ3n) is 5.75. The summed E-state index contributed by atoms with van der Waals surface area (Å²) in [6, 6.07) is 11.4. The zero-order valence-electron chi connectivity index (χ0n) is 16.6. The average molecular weight is 431 g/mol. The van der Waals surface area contributed by atoms with E-state index in [1.54, 1.807) is 31.2 Å². The summed E-state index contributed by atoms with van der Waals surface area (Å²) in [5, 5.41) is 11.8. The molecule has 3 aromatic rings. The number of carbonyl (C=O) groups is 1. The first kappa shape index (κ1) is 21.1. The average Bonchev–Trinajstić information content (AvgIpc) is 3.14. The number of aliphatic hydroxyl groups is 1. The molecule has 0 spiro atoms. The number of nitrogens with zero attached hydrogens (tertiary/aromatic N) is 1. The molecular weight excluding hydrogens is 411 g/mol. The molecule has 4 rings (SSSR count). The van der Waals surface area contributed by atoms with Crippen molar-refractivity contribution < 1.29 is 32.2 Å². The largest absolute Gasteiger partial charge is 0.493 e. The molecule has 1 aliphatic rings. The molecule has 0 radical (unpaired) electrons. The molecule has 0 fully saturated rings. The summed E-state index contributed by atoms with van der Waals surface area (Å²) >= 11 is 0. The summed E-state index contributed by atoms with van der Waals surface area (Å²) in [6.45, 7) is 1.95. The van der Waals surface area contributed by atoms with Crippen molar-refractivity contribution >= 4 is 29.0 Å². The predicted octanol–water partition coefficient (Wildman–Crippen LogP) is 5.37. The van der Waals surface area contributed by atoms with Gasteiger partial charge in [-0.2, -0.15) is 13.2 Å². The van der Waals surface area contributed by atoms with Crippen LogP contribution in [0.1, 0.15) is 35.9 Å². The van der Waals surface area contributed by atoms with Crippen LogP contribution in [0.25, 0.3) is 10.8 Å². The lowest BCUT2D eigenvalue weighted by Gasteiger charge is -2.41. The van der Waals surface area contributed by atoms with Crippen LogP contribution in [0.2, 0.25) is 0 Å². The van der Waals surface area contributed by atoms with E-state index in [4.69, 9.17) is 9.15 Å². The fourth-order valence-electron chi connectivity index (χ4n) is 4.02. The summed E-state index contributed by atoms with van der Waals surface area (Å²) in [4.78, 5) is 14.9. The minimum atomic E-state index is -4.93. The third-order valence-corrected chi connectivity index (χ3v) is 5.75. The lowest BCUT2D eigenvalue weighted by Crippen LogP contribution is -2.51. The molecule has 162 valence electrons. The van der Waals surface area contributed by atoms with Crippen molar-refractivity contribution in [3.05, 3.63) is 60.1 Å². The maximum absolute atomic E-state index is 14.0. The Morgan fingerprint density at radius 3 is 2.74 bits per heavy atom. The molecule has 1 aromatic heterocycles. The highest BCUT2D eigenvalue weighted by atomic mass is 19.4. The van der Waals surface area contributed by atoms with Gasteiger partial charge in [-0.1, -0.05) is 25.1 Å². The minimum Gasteiger partial charge on any atom is -0.493 e. The number of benzene rings is 2. The van der Waals surface area contributed by atoms with E-state index < -0.39 is 23.6 Å². The van der Waals surface area contributed by atoms with Gasteiger partial charge < -0.3 is 14.3 Å². The fourth-order valence-corrected chi connectivity index (χ4v) is 4.02. The number of para-hydroxylation sites is 1. The van der Waals surface area contributed by atoms with Gasteiger partial charge in [0.15, 0.2) is 17.6 Å². The predicted molar refractivity (Wildman–Crippen MR) is 109 cm³/mol. The van der Waals surface area contributed by atoms with Crippen LogP contribution in [-0.2, 0) is 5.41 Å². The molecule has 2 unspecified atom stereocenters. The molecule has 5 nitrogen and oxygen atoms in total. The van der Waals surface area contributed by atoms with E-state index in [2.05, 4.69) is 4.99 Å². The highest BCUT2D eigenvalue weighted by Crippen LogP contribution is 2.46. The number of ether oxygens (including phenoxy) is 1. The number of furan rings is 1. The van der Waals surface area contributed by atoms with Gasteiger partial charge in [0.1, 0.15) is 5.75 Å². The van der Waals surface area contributed by atoms with Crippen LogP contribution in [0.5, 0.6) is 5.75 Å². The van der Waals surface area contributed by atoms with Gasteiger partial charge >= 0.3 is 6.18 Å². The van der Waals surface area contributed by atoms with Gasteiger partial charge in [0.2, 0.25) is 0 Å². The Balaban J connectivity index is 1.68. The Bertz CT molecular complexity index is 1150. The van der Waals surface area contributed by atoms with Gasteiger partial charge in [-0.25, -0.2) is 0 Å². The first-order chi connectivity index (χ1) is 14.7. The lowest BCUT2D eigenvalue weighted by atomic mass is 9.70. The number of halogens is 3. The molecule has 0 bridgehead atoms. The molecule has 2 heterocycles. The van der Waals surface area contributed by atoms with Gasteiger partial charge in [-0.15, -0.1) is 0 Å². The smallest absolute Gasteiger partial charge is 0.422 e. The number of aliphatic imine (C=N–C) groups is 1. The second-order valence-corrected chi connectivity index (χ2v) is 8.00. The van der Waals surface area contributed by atoms with E-state index in [1.807, 2.05) is 0 Å². The fraction of sp³-hybridized carbons (Fsp3) is 0.304. The monoisotopic (exact) mass is 431 g/mol. The molecule has 1 aliphatic heterocycles. The van der Waals surface area contributed by atoms with Crippen LogP contribution in [0, 0.1) is 0 Å². The lowest BCUT2D eigenvalue weighted by molar-refractivity contribution is -0.235. The zero-order valence-corrected chi connectivity index (χ0v) is 16.6. The van der Waals surface area contributed by atoms with Crippen molar-refractivity contribution in [2.24, 2.45) is 4.99 Å². The molecule has 2 atom stereocenters. The highest BCUT2D eigenvalue weighted by molar-refractivity contribution is 5.97. The van der Waals surface area contributed by atoms with E-state index in [1.165, 1.54) is 24.5 Å². The van der Waals surface area contributed by atoms with Crippen molar-refractivity contribution in [1.82, 2.24) is 0 Å². The Morgan fingerprint density at radius 1 is 1.23 bits per heavy atom. The van der Waals surface area contributed by atoms with Crippen molar-refractivity contribution in [3.8, 4) is 5.75 Å². The highest BCUT2D eigenvalue weighted by Gasteiger charge is 2.56. The van der Waals surface area contributed by atoms with Crippen LogP contribution in [0.3, 0.4) is 0 Å². The molecule has 1 N–H and O–H groups in total. The number of carbonyl (C=O) groups excluding carboxylic acids is 1. The Hall–Kier alpha value is -3.13. The second-order valence-electron chi connectivity index (χ2n) is 8.00. The summed E-state index contributed by atoms with van der Waals surface area (Å²) < 4.78 is 52.6. The molecule has 8 heteroatoms. The summed E-state index contributed by atoms with van der Waals surface area (Å²) in [5.41, 5.74) is -3.28. The molecular formula is C23H20F3NO4. The quantitative estimate of drug-likeness (QED) is 0.435. The number of rotatable bonds is 5. The summed E-state index contributed by atoms with van der Waals surface area (Å²) in [7, 11) is 0. The van der Waals surface area contributed by atoms with Crippen LogP contribution >= 0.6 is 0 Å². The third kappa shape index (κ3) is 3.83. The van der Waals surface area contributed by atoms with Crippen LogP contribution in [0.4, 0.5) is 18.9 Å². The molecule has 0 aliphatic carbocycles. The summed E-state index contributed by atoms with van der Waals surface area (Å²) in [6.07, 6.45) is -2.77. The Kier molecular flexibility index (Phi) is 5.13. The number of alkyl halides is 3. The maximum atomic E-state index is 14.0. The normalized spacial score (nSPS) is 20.9. The van der Waals surface area contributed by atoms with Crippen molar-refractivity contribution in [2.45, 2.75) is 37.0 Å². The zero-order chi connectivity index (χ0) is 22.3. The van der Waals surface area contributed by atoms with Gasteiger partial charge in [-0.05, 0) is 37.1 Å². The second kappa shape index (κ2) is 7.53. The maximum Gasteiger partial charge on any atom is 0.422 e. The SMILES string of the molecule is CC1(CC(O)(C=Nc2ccc3c(C=O)occ3c2)C(F)(F)F)CCOc2ccccc21. The Morgan fingerprint density at radius 2 is 2.00 bits per heavy atom. The van der Waals surface area contributed by atoms with E-state index in [-0.39, 0.29) is 18.1 Å². The first-order valence-corrected chi connectivity index (χ1v) is 9.68. The van der Waals surface area contributed by atoms with Crippen molar-refractivity contribution in [2.75, 3.05) is 6.61 Å². The topological polar surface area (TPSA) is 72.0 Å². The Labute approximate surface area is 176 Å². The van der Waals surface area contributed by atoms with Gasteiger partial charge in [0.25, 0.3) is 0 Å². The molecule has 31 heavy (non-hydrogen) atoms. The number of hydrogen-bond acceptors (Lipinski definition) is 5. The molecule has 0 amide bonds. The van der Waals surface area contributed by atoms with Gasteiger partial charge in [-0.3, -0.25) is 9.79 Å². The van der Waals surface area contributed by atoms with E-state index >= 15 is 0 Å². The van der Waals surface area contributed by atoms with Gasteiger partial charge in [0, 0.05) is 28.0 Å². The van der Waals surface area contributed by atoms with Crippen molar-refractivity contribution in [1.29, 1.82) is 0 Å². The standard InChI is InChI=1S/C23H20F3NO4/c1-21(8-9-30-19-5-3-2-4-18(19)21)13-22(29,23(24,25)26)14-27-16-6-7-17-15(10-16)12-31-20(17)11-28/h2-7,10-12,14,29H,8-9,13H2,1H3. The van der Waals surface area contributed by atoms with E-state index in [9.17, 15) is 23.1 Å². The number of fused-ring (bicyclic) bond motifs is 2. The minimum absolute atomic E-state index is 0.128. The molecule has 0 saturated heterocycles. The van der Waals surface area contributed by atoms with Gasteiger partial charge in [0.05, 0.1) is 18.6 Å². The van der Waals surface area contributed by atoms with Crippen LogP contribution in [-0.4, -0.2) is 36.0 Å². The summed E-state index contributed by atoms with van der Waals surface area (Å²) in [5.74, 6) is 0.650. The van der Waals surface area contributed by atoms with E-state index in [0.717, 1.165) is 0 Å². The number of aldehydes is 1. The van der Waals surface area contributed by atoms with Crippen molar-refractivity contribution in [3.63, 3.8) is 0 Å².